The maximum absolute atomic E-state index is 11.3. The fraction of sp³-hybridized carbons (Fsp3) is 0.143. The lowest BCUT2D eigenvalue weighted by atomic mass is 10.1. The molecule has 0 unspecified atom stereocenters. The summed E-state index contributed by atoms with van der Waals surface area (Å²) in [6.07, 6.45) is 0. The van der Waals surface area contributed by atoms with Crippen LogP contribution in [0, 0.1) is 13.8 Å². The summed E-state index contributed by atoms with van der Waals surface area (Å²) in [4.78, 5) is 26.3. The lowest BCUT2D eigenvalue weighted by Crippen LogP contribution is -2.10. The maximum atomic E-state index is 11.3. The van der Waals surface area contributed by atoms with Crippen molar-refractivity contribution >= 4 is 22.8 Å². The van der Waals surface area contributed by atoms with Crippen LogP contribution in [0.2, 0.25) is 0 Å². The molecule has 0 fully saturated rings. The first kappa shape index (κ1) is 13.0. The number of hydrogen-bond donors (Lipinski definition) is 3. The van der Waals surface area contributed by atoms with Gasteiger partial charge in [0.1, 0.15) is 0 Å². The molecule has 0 bridgehead atoms. The van der Waals surface area contributed by atoms with Crippen LogP contribution in [-0.4, -0.2) is 25.0 Å². The fourth-order valence-corrected chi connectivity index (χ4v) is 2.12. The van der Waals surface area contributed by atoms with E-state index in [0.29, 0.717) is 5.95 Å². The molecule has 0 aliphatic rings. The molecule has 1 aromatic carbocycles. The van der Waals surface area contributed by atoms with E-state index in [4.69, 9.17) is 0 Å². The lowest BCUT2D eigenvalue weighted by Gasteiger charge is -2.08. The van der Waals surface area contributed by atoms with Gasteiger partial charge in [-0.1, -0.05) is 18.2 Å². The molecule has 3 aromatic rings. The molecule has 0 amide bonds. The van der Waals surface area contributed by atoms with Crippen LogP contribution >= 0.6 is 0 Å². The van der Waals surface area contributed by atoms with Crippen LogP contribution in [0.15, 0.2) is 29.1 Å². The predicted molar refractivity (Wildman–Crippen MR) is 78.8 cm³/mol. The Labute approximate surface area is 119 Å². The second kappa shape index (κ2) is 4.86. The molecule has 7 nitrogen and oxygen atoms in total. The molecule has 2 heterocycles. The smallest absolute Gasteiger partial charge is 0.256 e. The molecule has 0 aliphatic carbocycles. The second-order valence-corrected chi connectivity index (χ2v) is 4.68. The second-order valence-electron chi connectivity index (χ2n) is 4.68. The molecule has 0 spiro atoms. The molecule has 106 valence electrons. The monoisotopic (exact) mass is 283 g/mol. The van der Waals surface area contributed by atoms with Crippen molar-refractivity contribution in [2.45, 2.75) is 13.8 Å². The van der Waals surface area contributed by atoms with Gasteiger partial charge in [-0.05, 0) is 19.4 Å². The van der Waals surface area contributed by atoms with Gasteiger partial charge in [0, 0.05) is 5.39 Å². The zero-order valence-electron chi connectivity index (χ0n) is 11.5. The van der Waals surface area contributed by atoms with Gasteiger partial charge in [-0.3, -0.25) is 15.1 Å². The van der Waals surface area contributed by atoms with Crippen molar-refractivity contribution < 1.29 is 5.11 Å². The number of aromatic amines is 1. The highest BCUT2D eigenvalue weighted by Crippen LogP contribution is 2.21. The van der Waals surface area contributed by atoms with E-state index in [0.717, 1.165) is 28.2 Å². The minimum atomic E-state index is -0.460. The van der Waals surface area contributed by atoms with Gasteiger partial charge in [0.2, 0.25) is 17.8 Å². The van der Waals surface area contributed by atoms with Gasteiger partial charge < -0.3 is 5.11 Å². The van der Waals surface area contributed by atoms with E-state index in [-0.39, 0.29) is 11.8 Å². The van der Waals surface area contributed by atoms with Crippen LogP contribution in [0.3, 0.4) is 0 Å². The highest BCUT2D eigenvalue weighted by atomic mass is 16.3. The van der Waals surface area contributed by atoms with Crippen LogP contribution < -0.4 is 10.9 Å². The molecule has 3 N–H and O–H groups in total. The van der Waals surface area contributed by atoms with Crippen LogP contribution in [0.4, 0.5) is 11.9 Å². The van der Waals surface area contributed by atoms with Crippen LogP contribution in [-0.2, 0) is 0 Å². The topological polar surface area (TPSA) is 104 Å². The van der Waals surface area contributed by atoms with Crippen LogP contribution in [0.25, 0.3) is 10.9 Å². The molecule has 0 saturated heterocycles. The average Bonchev–Trinajstić information content (AvgIpc) is 2.39. The number of rotatable bonds is 2. The van der Waals surface area contributed by atoms with Crippen molar-refractivity contribution in [2.24, 2.45) is 0 Å². The minimum Gasteiger partial charge on any atom is -0.493 e. The number of fused-ring (bicyclic) bond motifs is 1. The molecule has 21 heavy (non-hydrogen) atoms. The average molecular weight is 283 g/mol. The molecule has 0 radical (unpaired) electrons. The van der Waals surface area contributed by atoms with E-state index >= 15 is 0 Å². The molecule has 7 heteroatoms. The third-order valence-corrected chi connectivity index (χ3v) is 3.08. The fourth-order valence-electron chi connectivity index (χ4n) is 2.12. The number of H-pyrrole nitrogens is 1. The van der Waals surface area contributed by atoms with E-state index in [1.54, 1.807) is 0 Å². The molecule has 3 rings (SSSR count). The Balaban J connectivity index is 2.09. The lowest BCUT2D eigenvalue weighted by molar-refractivity contribution is 0.452. The Morgan fingerprint density at radius 2 is 2.00 bits per heavy atom. The minimum absolute atomic E-state index is 0.0901. The summed E-state index contributed by atoms with van der Waals surface area (Å²) in [7, 11) is 0. The summed E-state index contributed by atoms with van der Waals surface area (Å²) in [6.45, 7) is 3.85. The summed E-state index contributed by atoms with van der Waals surface area (Å²) >= 11 is 0. The van der Waals surface area contributed by atoms with Gasteiger partial charge in [0.25, 0.3) is 5.56 Å². The molecule has 0 atom stereocenters. The number of hydrogen-bond acceptors (Lipinski definition) is 6. The molecular weight excluding hydrogens is 270 g/mol. The van der Waals surface area contributed by atoms with E-state index < -0.39 is 5.56 Å². The van der Waals surface area contributed by atoms with Crippen molar-refractivity contribution in [2.75, 3.05) is 5.32 Å². The van der Waals surface area contributed by atoms with Gasteiger partial charge in [0.05, 0.1) is 17.3 Å². The van der Waals surface area contributed by atoms with Crippen LogP contribution in [0.5, 0.6) is 5.88 Å². The zero-order valence-corrected chi connectivity index (χ0v) is 11.5. The number of para-hydroxylation sites is 1. The Kier molecular flexibility index (Phi) is 3.02. The quantitative estimate of drug-likeness (QED) is 0.662. The summed E-state index contributed by atoms with van der Waals surface area (Å²) < 4.78 is 0. The summed E-state index contributed by atoms with van der Waals surface area (Å²) in [5.74, 6) is 0.0327. The van der Waals surface area contributed by atoms with Crippen LogP contribution in [0.1, 0.15) is 11.3 Å². The first-order chi connectivity index (χ1) is 10.0. The highest BCUT2D eigenvalue weighted by Gasteiger charge is 2.08. The van der Waals surface area contributed by atoms with Gasteiger partial charge in [-0.15, -0.1) is 0 Å². The summed E-state index contributed by atoms with van der Waals surface area (Å²) in [5, 5.41) is 13.1. The highest BCUT2D eigenvalue weighted by molar-refractivity contribution is 5.84. The predicted octanol–water partition coefficient (Wildman–Crippen LogP) is 1.78. The third kappa shape index (κ3) is 2.53. The van der Waals surface area contributed by atoms with E-state index in [1.807, 2.05) is 32.0 Å². The van der Waals surface area contributed by atoms with Gasteiger partial charge in [-0.25, -0.2) is 9.97 Å². The van der Waals surface area contributed by atoms with E-state index in [9.17, 15) is 9.90 Å². The third-order valence-electron chi connectivity index (χ3n) is 3.08. The number of nitrogens with zero attached hydrogens (tertiary/aromatic N) is 3. The first-order valence-corrected chi connectivity index (χ1v) is 6.34. The molecule has 2 aromatic heterocycles. The molecule has 0 saturated carbocycles. The van der Waals surface area contributed by atoms with E-state index in [2.05, 4.69) is 25.3 Å². The largest absolute Gasteiger partial charge is 0.493 e. The number of aromatic hydroxyl groups is 1. The van der Waals surface area contributed by atoms with Crippen molar-refractivity contribution in [1.82, 2.24) is 19.9 Å². The number of anilines is 2. The zero-order chi connectivity index (χ0) is 15.0. The summed E-state index contributed by atoms with van der Waals surface area (Å²) in [5.41, 5.74) is 2.21. The Morgan fingerprint density at radius 1 is 1.19 bits per heavy atom. The first-order valence-electron chi connectivity index (χ1n) is 6.34. The summed E-state index contributed by atoms with van der Waals surface area (Å²) in [6, 6.07) is 6.86. The van der Waals surface area contributed by atoms with Crippen molar-refractivity contribution in [3.63, 3.8) is 0 Å². The number of aryl methyl sites for hydroxylation is 2. The number of nitrogens with one attached hydrogen (secondary N) is 2. The molecule has 0 aliphatic heterocycles. The van der Waals surface area contributed by atoms with Crippen molar-refractivity contribution in [1.29, 1.82) is 0 Å². The SMILES string of the molecule is Cc1nc(Nc2nc(O)cc(=O)[nH]2)nc2c(C)cccc12. The number of aromatic nitrogens is 4. The van der Waals surface area contributed by atoms with Crippen molar-refractivity contribution in [3.05, 3.63) is 45.9 Å². The van der Waals surface area contributed by atoms with Gasteiger partial charge in [0.15, 0.2) is 0 Å². The standard InChI is InChI=1S/C14H13N5O2/c1-7-4-3-5-9-8(2)15-13(18-12(7)9)19-14-16-10(20)6-11(21)17-14/h3-6H,1-2H3,(H3,15,16,17,18,19,20,21). The van der Waals surface area contributed by atoms with Gasteiger partial charge >= 0.3 is 0 Å². The number of benzene rings is 1. The maximum Gasteiger partial charge on any atom is 0.256 e. The van der Waals surface area contributed by atoms with E-state index in [1.165, 1.54) is 0 Å². The van der Waals surface area contributed by atoms with Gasteiger partial charge in [-0.2, -0.15) is 4.98 Å². The normalized spacial score (nSPS) is 10.8. The Morgan fingerprint density at radius 3 is 2.76 bits per heavy atom. The molecular formula is C14H13N5O2. The Hall–Kier alpha value is -2.96. The van der Waals surface area contributed by atoms with Crippen molar-refractivity contribution in [3.8, 4) is 5.88 Å². The Bertz CT molecular complexity index is 888.